The van der Waals surface area contributed by atoms with Crippen molar-refractivity contribution in [1.29, 1.82) is 0 Å². The van der Waals surface area contributed by atoms with Crippen molar-refractivity contribution in [2.24, 2.45) is 18.0 Å². The molecule has 2 aliphatic carbocycles. The van der Waals surface area contributed by atoms with E-state index in [4.69, 9.17) is 9.73 Å². The van der Waals surface area contributed by atoms with Gasteiger partial charge in [0.2, 0.25) is 0 Å². The van der Waals surface area contributed by atoms with Gasteiger partial charge in [-0.3, -0.25) is 0 Å². The topological polar surface area (TPSA) is 76.4 Å². The normalized spacial score (nSPS) is 20.0. The Morgan fingerprint density at radius 3 is 2.54 bits per heavy atom. The van der Waals surface area contributed by atoms with Gasteiger partial charge in [0.15, 0.2) is 11.8 Å². The first-order valence-electron chi connectivity index (χ1n) is 11.2. The number of aryl methyl sites for hydroxylation is 1. The van der Waals surface area contributed by atoms with E-state index in [1.165, 1.54) is 51.4 Å². The zero-order valence-corrected chi connectivity index (χ0v) is 17.9. The Kier molecular flexibility index (Phi) is 8.13. The molecule has 1 unspecified atom stereocenters. The Balaban J connectivity index is 1.56. The summed E-state index contributed by atoms with van der Waals surface area (Å²) in [6.45, 7) is 6.29. The Morgan fingerprint density at radius 2 is 1.89 bits per heavy atom. The molecule has 1 aromatic rings. The summed E-state index contributed by atoms with van der Waals surface area (Å²) in [6, 6.07) is 0.532. The first-order valence-corrected chi connectivity index (χ1v) is 11.2. The maximum absolute atomic E-state index is 6.07. The lowest BCUT2D eigenvalue weighted by molar-refractivity contribution is 0.0169. The van der Waals surface area contributed by atoms with Crippen LogP contribution < -0.4 is 10.6 Å². The molecule has 7 nitrogen and oxygen atoms in total. The molecule has 3 rings (SSSR count). The lowest BCUT2D eigenvalue weighted by atomic mass is 9.98. The van der Waals surface area contributed by atoms with Crippen molar-refractivity contribution in [3.05, 3.63) is 11.6 Å². The number of nitrogens with one attached hydrogen (secondary N) is 2. The number of hydrogen-bond acceptors (Lipinski definition) is 4. The van der Waals surface area contributed by atoms with Crippen molar-refractivity contribution in [3.8, 4) is 0 Å². The number of aromatic nitrogens is 3. The zero-order chi connectivity index (χ0) is 19.8. The number of guanidine groups is 1. The Bertz CT molecular complexity index is 616. The van der Waals surface area contributed by atoms with Crippen LogP contribution in [0, 0.1) is 12.8 Å². The second kappa shape index (κ2) is 10.8. The molecule has 2 saturated carbocycles. The van der Waals surface area contributed by atoms with E-state index in [2.05, 4.69) is 27.8 Å². The number of nitrogens with zero attached hydrogens (tertiary/aromatic N) is 4. The molecule has 0 spiro atoms. The maximum atomic E-state index is 6.07. The van der Waals surface area contributed by atoms with Crippen LogP contribution in [0.15, 0.2) is 4.99 Å². The molecular weight excluding hydrogens is 352 g/mol. The molecule has 0 radical (unpaired) electrons. The minimum Gasteiger partial charge on any atom is -0.378 e. The summed E-state index contributed by atoms with van der Waals surface area (Å²) in [5, 5.41) is 15.6. The van der Waals surface area contributed by atoms with Crippen LogP contribution in [-0.4, -0.2) is 46.0 Å². The molecule has 0 aliphatic heterocycles. The molecule has 158 valence electrons. The van der Waals surface area contributed by atoms with Crippen LogP contribution in [0.4, 0.5) is 0 Å². The predicted octanol–water partition coefficient (Wildman–Crippen LogP) is 3.09. The van der Waals surface area contributed by atoms with E-state index in [0.29, 0.717) is 18.7 Å². The number of rotatable bonds is 9. The van der Waals surface area contributed by atoms with Gasteiger partial charge in [0.25, 0.3) is 0 Å². The second-order valence-corrected chi connectivity index (χ2v) is 8.27. The fourth-order valence-corrected chi connectivity index (χ4v) is 4.49. The Morgan fingerprint density at radius 1 is 1.18 bits per heavy atom. The average Bonchev–Trinajstić information content (AvgIpc) is 3.44. The van der Waals surface area contributed by atoms with Crippen molar-refractivity contribution in [3.63, 3.8) is 0 Å². The molecule has 0 bridgehead atoms. The second-order valence-electron chi connectivity index (χ2n) is 8.27. The standard InChI is InChI=1S/C21H38N6O/c1-4-28-19(17-9-5-6-10-17)13-14-22-21(24-18-11-7-8-12-18)23-15-20-26-25-16(2)27(20)3/h17-19H,4-15H2,1-3H3,(H2,22,23,24). The maximum Gasteiger partial charge on any atom is 0.191 e. The van der Waals surface area contributed by atoms with Gasteiger partial charge in [-0.05, 0) is 51.9 Å². The summed E-state index contributed by atoms with van der Waals surface area (Å²) in [4.78, 5) is 4.80. The van der Waals surface area contributed by atoms with E-state index in [9.17, 15) is 0 Å². The third kappa shape index (κ3) is 5.93. The number of aliphatic imine (C=N–C) groups is 1. The highest BCUT2D eigenvalue weighted by Crippen LogP contribution is 2.30. The van der Waals surface area contributed by atoms with E-state index >= 15 is 0 Å². The van der Waals surface area contributed by atoms with Gasteiger partial charge in [0.1, 0.15) is 12.4 Å². The van der Waals surface area contributed by atoms with Gasteiger partial charge in [-0.2, -0.15) is 0 Å². The third-order valence-corrected chi connectivity index (χ3v) is 6.28. The SMILES string of the molecule is CCOC(CCNC(=NCc1nnc(C)n1C)NC1CCCC1)C1CCCC1. The molecule has 7 heteroatoms. The monoisotopic (exact) mass is 390 g/mol. The predicted molar refractivity (Wildman–Crippen MR) is 112 cm³/mol. The van der Waals surface area contributed by atoms with Gasteiger partial charge in [0.05, 0.1) is 6.10 Å². The van der Waals surface area contributed by atoms with Crippen LogP contribution in [0.25, 0.3) is 0 Å². The lowest BCUT2D eigenvalue weighted by Crippen LogP contribution is -2.43. The van der Waals surface area contributed by atoms with Crippen LogP contribution >= 0.6 is 0 Å². The summed E-state index contributed by atoms with van der Waals surface area (Å²) in [7, 11) is 1.99. The summed E-state index contributed by atoms with van der Waals surface area (Å²) >= 11 is 0. The molecule has 28 heavy (non-hydrogen) atoms. The number of ether oxygens (including phenoxy) is 1. The van der Waals surface area contributed by atoms with E-state index in [1.54, 1.807) is 0 Å². The fraction of sp³-hybridized carbons (Fsp3) is 0.857. The van der Waals surface area contributed by atoms with E-state index in [1.807, 2.05) is 18.5 Å². The van der Waals surface area contributed by atoms with Crippen LogP contribution in [0.1, 0.15) is 76.4 Å². The first-order chi connectivity index (χ1) is 13.7. The molecule has 2 N–H and O–H groups in total. The van der Waals surface area contributed by atoms with Gasteiger partial charge >= 0.3 is 0 Å². The molecule has 0 aromatic carbocycles. The first kappa shape index (κ1) is 21.1. The molecule has 0 saturated heterocycles. The average molecular weight is 391 g/mol. The zero-order valence-electron chi connectivity index (χ0n) is 17.9. The van der Waals surface area contributed by atoms with Crippen molar-refractivity contribution < 1.29 is 4.74 Å². The lowest BCUT2D eigenvalue weighted by Gasteiger charge is -2.24. The minimum absolute atomic E-state index is 0.370. The highest BCUT2D eigenvalue weighted by atomic mass is 16.5. The molecule has 1 atom stereocenters. The van der Waals surface area contributed by atoms with Gasteiger partial charge < -0.3 is 19.9 Å². The van der Waals surface area contributed by atoms with Crippen LogP contribution in [0.3, 0.4) is 0 Å². The van der Waals surface area contributed by atoms with Crippen molar-refractivity contribution in [2.45, 2.75) is 90.3 Å². The Labute approximate surface area is 169 Å². The smallest absolute Gasteiger partial charge is 0.191 e. The van der Waals surface area contributed by atoms with Crippen LogP contribution in [0.5, 0.6) is 0 Å². The molecule has 2 aliphatic rings. The minimum atomic E-state index is 0.370. The van der Waals surface area contributed by atoms with Gasteiger partial charge in [0, 0.05) is 26.2 Å². The van der Waals surface area contributed by atoms with Crippen LogP contribution in [0.2, 0.25) is 0 Å². The highest BCUT2D eigenvalue weighted by molar-refractivity contribution is 5.80. The van der Waals surface area contributed by atoms with Gasteiger partial charge in [-0.1, -0.05) is 25.7 Å². The summed E-state index contributed by atoms with van der Waals surface area (Å²) in [5.41, 5.74) is 0. The van der Waals surface area contributed by atoms with E-state index in [-0.39, 0.29) is 0 Å². The fourth-order valence-electron chi connectivity index (χ4n) is 4.49. The molecular formula is C21H38N6O. The van der Waals surface area contributed by atoms with Gasteiger partial charge in [-0.15, -0.1) is 10.2 Å². The van der Waals surface area contributed by atoms with Crippen molar-refractivity contribution in [2.75, 3.05) is 13.2 Å². The highest BCUT2D eigenvalue weighted by Gasteiger charge is 2.25. The molecule has 1 heterocycles. The van der Waals surface area contributed by atoms with Gasteiger partial charge in [-0.25, -0.2) is 4.99 Å². The summed E-state index contributed by atoms with van der Waals surface area (Å²) < 4.78 is 8.07. The molecule has 1 aromatic heterocycles. The van der Waals surface area contributed by atoms with Crippen molar-refractivity contribution in [1.82, 2.24) is 25.4 Å². The molecule has 2 fully saturated rings. The summed E-state index contributed by atoms with van der Waals surface area (Å²) in [6.07, 6.45) is 11.8. The van der Waals surface area contributed by atoms with E-state index < -0.39 is 0 Å². The summed E-state index contributed by atoms with van der Waals surface area (Å²) in [5.74, 6) is 3.43. The Hall–Kier alpha value is -1.63. The molecule has 0 amide bonds. The quantitative estimate of drug-likeness (QED) is 0.500. The number of hydrogen-bond donors (Lipinski definition) is 2. The van der Waals surface area contributed by atoms with E-state index in [0.717, 1.165) is 43.1 Å². The van der Waals surface area contributed by atoms with Crippen molar-refractivity contribution >= 4 is 5.96 Å². The van der Waals surface area contributed by atoms with Crippen LogP contribution in [-0.2, 0) is 18.3 Å². The third-order valence-electron chi connectivity index (χ3n) is 6.28. The largest absolute Gasteiger partial charge is 0.378 e.